The summed E-state index contributed by atoms with van der Waals surface area (Å²) in [5, 5.41) is 11.6. The van der Waals surface area contributed by atoms with E-state index in [1.165, 1.54) is 0 Å². The number of nitrogens with zero attached hydrogens (tertiary/aromatic N) is 2. The minimum absolute atomic E-state index is 0.0399. The number of methoxy groups -OCH3 is 1. The molecule has 0 bridgehead atoms. The topological polar surface area (TPSA) is 122 Å². The van der Waals surface area contributed by atoms with E-state index < -0.39 is 18.1 Å². The van der Waals surface area contributed by atoms with Gasteiger partial charge in [0, 0.05) is 57.0 Å². The van der Waals surface area contributed by atoms with Crippen LogP contribution in [0.1, 0.15) is 30.5 Å². The molecule has 0 unspecified atom stereocenters. The summed E-state index contributed by atoms with van der Waals surface area (Å²) >= 11 is 0. The molecule has 11 heteroatoms. The van der Waals surface area contributed by atoms with Crippen LogP contribution in [0, 0.1) is 12.8 Å². The Labute approximate surface area is 229 Å². The molecule has 1 aromatic heterocycles. The SMILES string of the molecule is CCO[C@@H]1OC(C(=O)NCCOC)=C[C@H](c2c(C)n(C)n(-c3ccccc3)c2=O)[C@H]1CCOCCOCCO. The highest BCUT2D eigenvalue weighted by Crippen LogP contribution is 2.39. The van der Waals surface area contributed by atoms with E-state index in [1.807, 2.05) is 55.9 Å². The number of amides is 1. The quantitative estimate of drug-likeness (QED) is 0.304. The van der Waals surface area contributed by atoms with E-state index in [2.05, 4.69) is 5.32 Å². The molecule has 1 amide bonds. The molecule has 2 aromatic rings. The lowest BCUT2D eigenvalue weighted by Crippen LogP contribution is -2.41. The van der Waals surface area contributed by atoms with Crippen molar-refractivity contribution in [3.05, 3.63) is 63.8 Å². The lowest BCUT2D eigenvalue weighted by Gasteiger charge is -2.36. The van der Waals surface area contributed by atoms with E-state index in [1.54, 1.807) is 17.9 Å². The van der Waals surface area contributed by atoms with Gasteiger partial charge in [0.25, 0.3) is 11.5 Å². The number of hydrogen-bond donors (Lipinski definition) is 2. The summed E-state index contributed by atoms with van der Waals surface area (Å²) in [5.41, 5.74) is 1.94. The van der Waals surface area contributed by atoms with E-state index in [-0.39, 0.29) is 30.5 Å². The zero-order chi connectivity index (χ0) is 28.2. The zero-order valence-electron chi connectivity index (χ0n) is 23.3. The number of aromatic nitrogens is 2. The maximum absolute atomic E-state index is 13.9. The number of para-hydroxylation sites is 1. The van der Waals surface area contributed by atoms with Crippen molar-refractivity contribution in [3.8, 4) is 5.69 Å². The average molecular weight is 548 g/mol. The summed E-state index contributed by atoms with van der Waals surface area (Å²) in [5.74, 6) is -1.04. The molecule has 0 saturated carbocycles. The van der Waals surface area contributed by atoms with Gasteiger partial charge in [-0.1, -0.05) is 18.2 Å². The van der Waals surface area contributed by atoms with Crippen LogP contribution in [0.15, 0.2) is 47.0 Å². The summed E-state index contributed by atoms with van der Waals surface area (Å²) in [6.45, 7) is 6.13. The molecule has 0 spiro atoms. The fraction of sp³-hybridized carbons (Fsp3) is 0.571. The molecule has 3 rings (SSSR count). The molecular weight excluding hydrogens is 506 g/mol. The third kappa shape index (κ3) is 7.80. The summed E-state index contributed by atoms with van der Waals surface area (Å²) in [6, 6.07) is 9.43. The first-order valence-electron chi connectivity index (χ1n) is 13.3. The van der Waals surface area contributed by atoms with Crippen LogP contribution in [0.5, 0.6) is 0 Å². The van der Waals surface area contributed by atoms with E-state index in [0.717, 1.165) is 11.4 Å². The Bertz CT molecular complexity index is 1130. The summed E-state index contributed by atoms with van der Waals surface area (Å²) < 4.78 is 31.6. The highest BCUT2D eigenvalue weighted by Gasteiger charge is 2.41. The second-order valence-electron chi connectivity index (χ2n) is 9.12. The number of carbonyl (C=O) groups excluding carboxylic acids is 1. The van der Waals surface area contributed by atoms with Crippen LogP contribution in [0.25, 0.3) is 5.69 Å². The second kappa shape index (κ2) is 15.6. The smallest absolute Gasteiger partial charge is 0.286 e. The van der Waals surface area contributed by atoms with Crippen molar-refractivity contribution in [1.82, 2.24) is 14.7 Å². The fourth-order valence-corrected chi connectivity index (χ4v) is 4.70. The normalized spacial score (nSPS) is 19.0. The lowest BCUT2D eigenvalue weighted by atomic mass is 9.81. The highest BCUT2D eigenvalue weighted by atomic mass is 16.7. The first-order valence-corrected chi connectivity index (χ1v) is 13.3. The number of ether oxygens (including phenoxy) is 5. The van der Waals surface area contributed by atoms with Gasteiger partial charge in [0.05, 0.1) is 38.7 Å². The van der Waals surface area contributed by atoms with Gasteiger partial charge in [-0.3, -0.25) is 14.3 Å². The standard InChI is InChI=1S/C28H41N3O8/c1-5-38-28-22(11-14-36-17-18-37-16-13-32)23(19-24(39-28)26(33)29-12-15-35-4)25-20(2)30(3)31(27(25)34)21-9-7-6-8-10-21/h6-10,19,22-23,28,32H,5,11-18H2,1-4H3,(H,29,33)/t22-,23+,28-/m1/s1. The van der Waals surface area contributed by atoms with Crippen LogP contribution < -0.4 is 10.9 Å². The summed E-state index contributed by atoms with van der Waals surface area (Å²) in [4.78, 5) is 26.9. The Hall–Kier alpha value is -2.96. The third-order valence-corrected chi connectivity index (χ3v) is 6.67. The van der Waals surface area contributed by atoms with Gasteiger partial charge in [-0.05, 0) is 38.5 Å². The fourth-order valence-electron chi connectivity index (χ4n) is 4.70. The number of aliphatic hydroxyl groups is 1. The molecule has 0 fully saturated rings. The molecule has 1 aromatic carbocycles. The Morgan fingerprint density at radius 2 is 1.82 bits per heavy atom. The molecule has 0 saturated heterocycles. The van der Waals surface area contributed by atoms with Crippen molar-refractivity contribution in [2.75, 3.05) is 59.9 Å². The van der Waals surface area contributed by atoms with Crippen molar-refractivity contribution in [3.63, 3.8) is 0 Å². The molecule has 2 N–H and O–H groups in total. The summed E-state index contributed by atoms with van der Waals surface area (Å²) in [7, 11) is 3.41. The predicted octanol–water partition coefficient (Wildman–Crippen LogP) is 1.64. The summed E-state index contributed by atoms with van der Waals surface area (Å²) in [6.07, 6.45) is 1.49. The molecule has 216 valence electrons. The lowest BCUT2D eigenvalue weighted by molar-refractivity contribution is -0.168. The van der Waals surface area contributed by atoms with Gasteiger partial charge in [0.2, 0.25) is 6.29 Å². The molecule has 2 heterocycles. The Kier molecular flexibility index (Phi) is 12.2. The number of nitrogens with one attached hydrogen (secondary N) is 1. The largest absolute Gasteiger partial charge is 0.459 e. The first kappa shape index (κ1) is 30.6. The van der Waals surface area contributed by atoms with Crippen LogP contribution in [0.4, 0.5) is 0 Å². The van der Waals surface area contributed by atoms with Crippen LogP contribution in [-0.2, 0) is 35.5 Å². The zero-order valence-corrected chi connectivity index (χ0v) is 23.3. The van der Waals surface area contributed by atoms with Crippen LogP contribution in [0.2, 0.25) is 0 Å². The Morgan fingerprint density at radius 1 is 1.10 bits per heavy atom. The highest BCUT2D eigenvalue weighted by molar-refractivity contribution is 5.91. The molecule has 39 heavy (non-hydrogen) atoms. The van der Waals surface area contributed by atoms with Crippen LogP contribution in [0.3, 0.4) is 0 Å². The van der Waals surface area contributed by atoms with Crippen molar-refractivity contribution in [1.29, 1.82) is 0 Å². The maximum atomic E-state index is 13.9. The Morgan fingerprint density at radius 3 is 2.49 bits per heavy atom. The van der Waals surface area contributed by atoms with Gasteiger partial charge < -0.3 is 34.1 Å². The van der Waals surface area contributed by atoms with Gasteiger partial charge in [0.1, 0.15) is 0 Å². The number of benzene rings is 1. The van der Waals surface area contributed by atoms with Gasteiger partial charge in [0.15, 0.2) is 5.76 Å². The van der Waals surface area contributed by atoms with Crippen LogP contribution >= 0.6 is 0 Å². The van der Waals surface area contributed by atoms with E-state index in [0.29, 0.717) is 51.6 Å². The van der Waals surface area contributed by atoms with Crippen molar-refractivity contribution < 1.29 is 33.6 Å². The Balaban J connectivity index is 1.97. The third-order valence-electron chi connectivity index (χ3n) is 6.67. The average Bonchev–Trinajstić information content (AvgIpc) is 3.16. The van der Waals surface area contributed by atoms with Gasteiger partial charge >= 0.3 is 0 Å². The maximum Gasteiger partial charge on any atom is 0.286 e. The molecule has 0 radical (unpaired) electrons. The molecule has 3 atom stereocenters. The number of rotatable bonds is 16. The van der Waals surface area contributed by atoms with Crippen molar-refractivity contribution >= 4 is 5.91 Å². The van der Waals surface area contributed by atoms with E-state index in [4.69, 9.17) is 28.8 Å². The molecule has 0 aliphatic carbocycles. The van der Waals surface area contributed by atoms with Crippen LogP contribution in [-0.4, -0.2) is 86.6 Å². The monoisotopic (exact) mass is 547 g/mol. The van der Waals surface area contributed by atoms with Crippen molar-refractivity contribution in [2.24, 2.45) is 13.0 Å². The number of allylic oxidation sites excluding steroid dienone is 1. The van der Waals surface area contributed by atoms with Gasteiger partial charge in [-0.2, -0.15) is 0 Å². The van der Waals surface area contributed by atoms with E-state index >= 15 is 0 Å². The van der Waals surface area contributed by atoms with Gasteiger partial charge in [-0.25, -0.2) is 4.68 Å². The minimum atomic E-state index is -0.758. The van der Waals surface area contributed by atoms with E-state index in [9.17, 15) is 9.59 Å². The molecule has 1 aliphatic heterocycles. The predicted molar refractivity (Wildman–Crippen MR) is 145 cm³/mol. The first-order chi connectivity index (χ1) is 18.9. The number of aliphatic hydroxyl groups excluding tert-OH is 1. The molecular formula is C28H41N3O8. The molecule has 11 nitrogen and oxygen atoms in total. The minimum Gasteiger partial charge on any atom is -0.459 e. The van der Waals surface area contributed by atoms with Gasteiger partial charge in [-0.15, -0.1) is 0 Å². The van der Waals surface area contributed by atoms with Crippen molar-refractivity contribution in [2.45, 2.75) is 32.5 Å². The number of carbonyl (C=O) groups is 1. The number of hydrogen-bond acceptors (Lipinski definition) is 8. The second-order valence-corrected chi connectivity index (χ2v) is 9.12. The molecule has 1 aliphatic rings.